The van der Waals surface area contributed by atoms with Gasteiger partial charge in [-0.05, 0) is 100.0 Å². The van der Waals surface area contributed by atoms with Gasteiger partial charge in [0.1, 0.15) is 5.75 Å². The Hall–Kier alpha value is -1.56. The van der Waals surface area contributed by atoms with Crippen molar-refractivity contribution in [3.63, 3.8) is 0 Å². The molecule has 2 aromatic carbocycles. The zero-order valence-corrected chi connectivity index (χ0v) is 20.0. The number of amides is 1. The number of nitrogens with two attached hydrogens (primary N) is 1. The Bertz CT molecular complexity index is 880. The average molecular weight is 494 g/mol. The molecule has 0 saturated carbocycles. The first-order chi connectivity index (χ1) is 14.3. The van der Waals surface area contributed by atoms with Gasteiger partial charge in [0.2, 0.25) is 5.91 Å². The highest BCUT2D eigenvalue weighted by Crippen LogP contribution is 2.29. The van der Waals surface area contributed by atoms with Crippen molar-refractivity contribution in [1.82, 2.24) is 4.90 Å². The Morgan fingerprint density at radius 1 is 1.23 bits per heavy atom. The van der Waals surface area contributed by atoms with Crippen LogP contribution in [0.25, 0.3) is 0 Å². The van der Waals surface area contributed by atoms with Crippen LogP contribution in [-0.2, 0) is 12.8 Å². The maximum absolute atomic E-state index is 11.3. The van der Waals surface area contributed by atoms with E-state index in [2.05, 4.69) is 46.8 Å². The summed E-state index contributed by atoms with van der Waals surface area (Å²) < 4.78 is 7.02. The number of carbonyl (C=O) groups excluding carboxylic acids is 1. The molecule has 0 radical (unpaired) electrons. The lowest BCUT2D eigenvalue weighted by Crippen LogP contribution is -2.35. The van der Waals surface area contributed by atoms with Crippen LogP contribution in [0.5, 0.6) is 5.75 Å². The van der Waals surface area contributed by atoms with Crippen molar-refractivity contribution in [1.29, 1.82) is 0 Å². The maximum atomic E-state index is 11.3. The van der Waals surface area contributed by atoms with Gasteiger partial charge in [-0.25, -0.2) is 0 Å². The first kappa shape index (κ1) is 23.1. The van der Waals surface area contributed by atoms with Crippen LogP contribution in [0.3, 0.4) is 0 Å². The van der Waals surface area contributed by atoms with Crippen LogP contribution in [-0.4, -0.2) is 36.5 Å². The zero-order valence-electron chi connectivity index (χ0n) is 17.7. The van der Waals surface area contributed by atoms with E-state index in [9.17, 15) is 4.79 Å². The predicted molar refractivity (Wildman–Crippen MR) is 126 cm³/mol. The number of benzene rings is 2. The maximum Gasteiger partial charge on any atom is 0.250 e. The second-order valence-corrected chi connectivity index (χ2v) is 9.60. The quantitative estimate of drug-likeness (QED) is 0.529. The fourth-order valence-electron chi connectivity index (χ4n) is 3.98. The molecule has 0 atom stereocenters. The molecule has 0 aromatic heterocycles. The largest absolute Gasteiger partial charge is 0.491 e. The molecule has 2 aromatic rings. The van der Waals surface area contributed by atoms with E-state index in [-0.39, 0.29) is 6.10 Å². The van der Waals surface area contributed by atoms with Gasteiger partial charge in [-0.1, -0.05) is 33.6 Å². The van der Waals surface area contributed by atoms with Crippen LogP contribution in [0, 0.1) is 5.92 Å². The number of hydrogen-bond donors (Lipinski definition) is 1. The van der Waals surface area contributed by atoms with Crippen LogP contribution >= 0.6 is 27.5 Å². The molecule has 1 fully saturated rings. The number of hydrogen-bond acceptors (Lipinski definition) is 3. The molecule has 30 heavy (non-hydrogen) atoms. The van der Waals surface area contributed by atoms with Crippen molar-refractivity contribution in [3.05, 3.63) is 62.6 Å². The minimum atomic E-state index is -0.485. The molecule has 1 saturated heterocycles. The standard InChI is InChI=1S/C24H30BrClN2O2/c1-16(2)30-20-4-6-22(25)19(15-20)13-18-8-11-28(12-9-18)10-7-17-3-5-21(24(27)29)23(26)14-17/h3-6,14-16,18H,7-13H2,1-2H3,(H2,27,29). The molecule has 1 aliphatic rings. The number of likely N-dealkylation sites (tertiary alicyclic amines) is 1. The van der Waals surface area contributed by atoms with Crippen molar-refractivity contribution in [2.75, 3.05) is 19.6 Å². The van der Waals surface area contributed by atoms with Crippen molar-refractivity contribution < 1.29 is 9.53 Å². The van der Waals surface area contributed by atoms with E-state index >= 15 is 0 Å². The summed E-state index contributed by atoms with van der Waals surface area (Å²) in [5.74, 6) is 1.15. The molecule has 6 heteroatoms. The van der Waals surface area contributed by atoms with Crippen LogP contribution in [0.15, 0.2) is 40.9 Å². The second-order valence-electron chi connectivity index (χ2n) is 8.34. The highest BCUT2D eigenvalue weighted by molar-refractivity contribution is 9.10. The van der Waals surface area contributed by atoms with Gasteiger partial charge in [0.15, 0.2) is 0 Å². The number of primary amides is 1. The summed E-state index contributed by atoms with van der Waals surface area (Å²) in [5, 5.41) is 0.438. The van der Waals surface area contributed by atoms with Crippen LogP contribution in [0.4, 0.5) is 0 Å². The first-order valence-electron chi connectivity index (χ1n) is 10.6. The Morgan fingerprint density at radius 2 is 1.97 bits per heavy atom. The highest BCUT2D eigenvalue weighted by Gasteiger charge is 2.20. The molecule has 4 nitrogen and oxygen atoms in total. The summed E-state index contributed by atoms with van der Waals surface area (Å²) in [4.78, 5) is 13.8. The molecular weight excluding hydrogens is 464 g/mol. The summed E-state index contributed by atoms with van der Waals surface area (Å²) in [6.07, 6.45) is 4.58. The summed E-state index contributed by atoms with van der Waals surface area (Å²) in [7, 11) is 0. The van der Waals surface area contributed by atoms with Gasteiger partial charge in [-0.15, -0.1) is 0 Å². The molecular formula is C24H30BrClN2O2. The number of piperidine rings is 1. The number of ether oxygens (including phenoxy) is 1. The van der Waals surface area contributed by atoms with Gasteiger partial charge < -0.3 is 15.4 Å². The van der Waals surface area contributed by atoms with Crippen LogP contribution in [0.2, 0.25) is 5.02 Å². The Kier molecular flexibility index (Phi) is 8.20. The van der Waals surface area contributed by atoms with E-state index in [0.29, 0.717) is 16.5 Å². The molecule has 2 N–H and O–H groups in total. The number of rotatable bonds is 8. The Labute approximate surface area is 192 Å². The lowest BCUT2D eigenvalue weighted by Gasteiger charge is -2.32. The van der Waals surface area contributed by atoms with Crippen molar-refractivity contribution >= 4 is 33.4 Å². The smallest absolute Gasteiger partial charge is 0.250 e. The summed E-state index contributed by atoms with van der Waals surface area (Å²) in [6, 6.07) is 11.8. The van der Waals surface area contributed by atoms with E-state index in [1.165, 1.54) is 18.4 Å². The summed E-state index contributed by atoms with van der Waals surface area (Å²) >= 11 is 9.87. The third kappa shape index (κ3) is 6.47. The van der Waals surface area contributed by atoms with Crippen molar-refractivity contribution in [3.8, 4) is 5.75 Å². The van der Waals surface area contributed by atoms with Gasteiger partial charge in [0.05, 0.1) is 16.7 Å². The first-order valence-corrected chi connectivity index (χ1v) is 11.7. The fraction of sp³-hybridized carbons (Fsp3) is 0.458. The summed E-state index contributed by atoms with van der Waals surface area (Å²) in [6.45, 7) is 7.32. The number of carbonyl (C=O) groups is 1. The molecule has 1 aliphatic heterocycles. The second kappa shape index (κ2) is 10.7. The van der Waals surface area contributed by atoms with Gasteiger partial charge in [-0.3, -0.25) is 4.79 Å². The molecule has 162 valence electrons. The zero-order chi connectivity index (χ0) is 21.7. The lowest BCUT2D eigenvalue weighted by molar-refractivity contribution is 0.100. The number of halogens is 2. The van der Waals surface area contributed by atoms with Gasteiger partial charge >= 0.3 is 0 Å². The van der Waals surface area contributed by atoms with Crippen LogP contribution in [0.1, 0.15) is 48.2 Å². The SMILES string of the molecule is CC(C)Oc1ccc(Br)c(CC2CCN(CCc3ccc(C(N)=O)c(Cl)c3)CC2)c1. The van der Waals surface area contributed by atoms with Gasteiger partial charge in [0, 0.05) is 11.0 Å². The molecule has 1 amide bonds. The molecule has 0 spiro atoms. The molecule has 1 heterocycles. The number of nitrogens with zero attached hydrogens (tertiary/aromatic N) is 1. The van der Waals surface area contributed by atoms with Gasteiger partial charge in [-0.2, -0.15) is 0 Å². The lowest BCUT2D eigenvalue weighted by atomic mass is 9.90. The minimum absolute atomic E-state index is 0.184. The van der Waals surface area contributed by atoms with E-state index in [0.717, 1.165) is 48.3 Å². The molecule has 0 bridgehead atoms. The van der Waals surface area contributed by atoms with Crippen molar-refractivity contribution in [2.45, 2.75) is 45.6 Å². The molecule has 0 aliphatic carbocycles. The third-order valence-electron chi connectivity index (χ3n) is 5.62. The van der Waals surface area contributed by atoms with E-state index < -0.39 is 5.91 Å². The predicted octanol–water partition coefficient (Wildman–Crippen LogP) is 5.49. The Morgan fingerprint density at radius 3 is 2.60 bits per heavy atom. The average Bonchev–Trinajstić information content (AvgIpc) is 2.69. The molecule has 0 unspecified atom stereocenters. The molecule has 3 rings (SSSR count). The highest BCUT2D eigenvalue weighted by atomic mass is 79.9. The van der Waals surface area contributed by atoms with E-state index in [4.69, 9.17) is 22.1 Å². The topological polar surface area (TPSA) is 55.6 Å². The van der Waals surface area contributed by atoms with Crippen molar-refractivity contribution in [2.24, 2.45) is 11.7 Å². The summed E-state index contributed by atoms with van der Waals surface area (Å²) in [5.41, 5.74) is 8.17. The fourth-order valence-corrected chi connectivity index (χ4v) is 4.68. The van der Waals surface area contributed by atoms with E-state index in [1.54, 1.807) is 6.07 Å². The monoisotopic (exact) mass is 492 g/mol. The van der Waals surface area contributed by atoms with Crippen LogP contribution < -0.4 is 10.5 Å². The normalized spacial score (nSPS) is 15.5. The minimum Gasteiger partial charge on any atom is -0.491 e. The third-order valence-corrected chi connectivity index (χ3v) is 6.71. The van der Waals surface area contributed by atoms with E-state index in [1.807, 2.05) is 18.2 Å². The Balaban J connectivity index is 1.48. The van der Waals surface area contributed by atoms with Gasteiger partial charge in [0.25, 0.3) is 0 Å².